The topological polar surface area (TPSA) is 60.2 Å². The third-order valence-corrected chi connectivity index (χ3v) is 2.82. The first-order valence-corrected chi connectivity index (χ1v) is 5.60. The molecule has 1 aromatic carbocycles. The molecule has 0 amide bonds. The van der Waals surface area contributed by atoms with E-state index in [2.05, 4.69) is 0 Å². The summed E-state index contributed by atoms with van der Waals surface area (Å²) >= 11 is 0. The molecule has 0 saturated heterocycles. The molecule has 0 aliphatic carbocycles. The second-order valence-electron chi connectivity index (χ2n) is 4.65. The Hall–Kier alpha value is -1.71. The van der Waals surface area contributed by atoms with Gasteiger partial charge in [0.25, 0.3) is 5.69 Å². The van der Waals surface area contributed by atoms with Crippen molar-refractivity contribution < 1.29 is 9.72 Å². The van der Waals surface area contributed by atoms with Crippen molar-refractivity contribution in [2.24, 2.45) is 5.92 Å². The average molecular weight is 235 g/mol. The SMILES string of the molecule is CC(=O)C(c1cc(C)ccc1[N+](=O)[O-])C(C)C. The summed E-state index contributed by atoms with van der Waals surface area (Å²) in [6.45, 7) is 7.15. The Morgan fingerprint density at radius 2 is 1.94 bits per heavy atom. The Morgan fingerprint density at radius 1 is 1.35 bits per heavy atom. The monoisotopic (exact) mass is 235 g/mol. The molecule has 0 radical (unpaired) electrons. The summed E-state index contributed by atoms with van der Waals surface area (Å²) in [7, 11) is 0. The first-order valence-electron chi connectivity index (χ1n) is 5.60. The van der Waals surface area contributed by atoms with Crippen LogP contribution in [0.15, 0.2) is 18.2 Å². The van der Waals surface area contributed by atoms with Gasteiger partial charge in [0, 0.05) is 11.6 Å². The second-order valence-corrected chi connectivity index (χ2v) is 4.65. The maximum Gasteiger partial charge on any atom is 0.273 e. The number of hydrogen-bond acceptors (Lipinski definition) is 3. The normalized spacial score (nSPS) is 12.5. The standard InChI is InChI=1S/C13H17NO3/c1-8(2)13(10(4)15)11-7-9(3)5-6-12(11)14(16)17/h5-8,13H,1-4H3. The van der Waals surface area contributed by atoms with E-state index in [0.29, 0.717) is 5.56 Å². The van der Waals surface area contributed by atoms with E-state index in [9.17, 15) is 14.9 Å². The van der Waals surface area contributed by atoms with Crippen molar-refractivity contribution in [1.82, 2.24) is 0 Å². The lowest BCUT2D eigenvalue weighted by atomic mass is 9.84. The highest BCUT2D eigenvalue weighted by Gasteiger charge is 2.28. The average Bonchev–Trinajstić information content (AvgIpc) is 2.15. The molecule has 0 fully saturated rings. The van der Waals surface area contributed by atoms with Gasteiger partial charge in [-0.1, -0.05) is 25.5 Å². The molecule has 1 aromatic rings. The lowest BCUT2D eigenvalue weighted by molar-refractivity contribution is -0.385. The van der Waals surface area contributed by atoms with Crippen molar-refractivity contribution in [3.8, 4) is 0 Å². The molecule has 0 heterocycles. The van der Waals surface area contributed by atoms with E-state index >= 15 is 0 Å². The van der Waals surface area contributed by atoms with E-state index in [1.54, 1.807) is 12.1 Å². The third kappa shape index (κ3) is 2.90. The molecule has 0 N–H and O–H groups in total. The maximum atomic E-state index is 11.6. The quantitative estimate of drug-likeness (QED) is 0.594. The number of rotatable bonds is 4. The van der Waals surface area contributed by atoms with Crippen LogP contribution in [0.1, 0.15) is 37.8 Å². The molecule has 1 rings (SSSR count). The van der Waals surface area contributed by atoms with Crippen molar-refractivity contribution >= 4 is 11.5 Å². The summed E-state index contributed by atoms with van der Waals surface area (Å²) in [5.74, 6) is -0.392. The first kappa shape index (κ1) is 13.4. The van der Waals surface area contributed by atoms with E-state index < -0.39 is 10.8 Å². The van der Waals surface area contributed by atoms with Gasteiger partial charge in [-0.25, -0.2) is 0 Å². The van der Waals surface area contributed by atoms with Gasteiger partial charge >= 0.3 is 0 Å². The number of nitrogens with zero attached hydrogens (tertiary/aromatic N) is 1. The molecular weight excluding hydrogens is 218 g/mol. The van der Waals surface area contributed by atoms with Crippen LogP contribution in [0, 0.1) is 23.0 Å². The van der Waals surface area contributed by atoms with Crippen molar-refractivity contribution in [1.29, 1.82) is 0 Å². The molecule has 1 unspecified atom stereocenters. The fourth-order valence-corrected chi connectivity index (χ4v) is 2.14. The van der Waals surface area contributed by atoms with Crippen LogP contribution in [-0.2, 0) is 4.79 Å². The van der Waals surface area contributed by atoms with Crippen molar-refractivity contribution in [3.05, 3.63) is 39.4 Å². The number of carbonyl (C=O) groups excluding carboxylic acids is 1. The van der Waals surface area contributed by atoms with E-state index in [1.165, 1.54) is 13.0 Å². The zero-order chi connectivity index (χ0) is 13.2. The highest BCUT2D eigenvalue weighted by Crippen LogP contribution is 2.33. The molecule has 0 bridgehead atoms. The van der Waals surface area contributed by atoms with Crippen LogP contribution < -0.4 is 0 Å². The fourth-order valence-electron chi connectivity index (χ4n) is 2.14. The lowest BCUT2D eigenvalue weighted by Gasteiger charge is -2.18. The predicted molar refractivity (Wildman–Crippen MR) is 66.1 cm³/mol. The zero-order valence-electron chi connectivity index (χ0n) is 10.6. The minimum absolute atomic E-state index is 0.0319. The van der Waals surface area contributed by atoms with Crippen molar-refractivity contribution in [2.45, 2.75) is 33.6 Å². The fraction of sp³-hybridized carbons (Fsp3) is 0.462. The van der Waals surface area contributed by atoms with E-state index in [0.717, 1.165) is 5.56 Å². The Balaban J connectivity index is 3.40. The van der Waals surface area contributed by atoms with Gasteiger partial charge < -0.3 is 0 Å². The van der Waals surface area contributed by atoms with Crippen LogP contribution >= 0.6 is 0 Å². The van der Waals surface area contributed by atoms with E-state index in [-0.39, 0.29) is 17.4 Å². The highest BCUT2D eigenvalue weighted by molar-refractivity contribution is 5.85. The number of carbonyl (C=O) groups is 1. The highest BCUT2D eigenvalue weighted by atomic mass is 16.6. The molecule has 0 spiro atoms. The summed E-state index contributed by atoms with van der Waals surface area (Å²) in [5, 5.41) is 11.0. The number of nitro benzene ring substituents is 1. The van der Waals surface area contributed by atoms with Gasteiger partial charge in [0.1, 0.15) is 5.78 Å². The Morgan fingerprint density at radius 3 is 2.35 bits per heavy atom. The molecule has 0 aliphatic rings. The maximum absolute atomic E-state index is 11.6. The molecule has 0 saturated carbocycles. The van der Waals surface area contributed by atoms with Crippen LogP contribution in [0.2, 0.25) is 0 Å². The van der Waals surface area contributed by atoms with Gasteiger partial charge in [0.15, 0.2) is 0 Å². The summed E-state index contributed by atoms with van der Waals surface area (Å²) in [5.41, 5.74) is 1.49. The Kier molecular flexibility index (Phi) is 3.99. The Bertz CT molecular complexity index is 452. The molecule has 0 aliphatic heterocycles. The summed E-state index contributed by atoms with van der Waals surface area (Å²) in [6, 6.07) is 4.91. The van der Waals surface area contributed by atoms with Crippen LogP contribution in [0.5, 0.6) is 0 Å². The Labute approximate surface area is 101 Å². The van der Waals surface area contributed by atoms with Crippen LogP contribution in [0.4, 0.5) is 5.69 Å². The van der Waals surface area contributed by atoms with E-state index in [1.807, 2.05) is 20.8 Å². The number of hydrogen-bond donors (Lipinski definition) is 0. The lowest BCUT2D eigenvalue weighted by Crippen LogP contribution is -2.17. The molecule has 92 valence electrons. The van der Waals surface area contributed by atoms with Crippen LogP contribution in [0.25, 0.3) is 0 Å². The minimum Gasteiger partial charge on any atom is -0.299 e. The number of ketones is 1. The summed E-state index contributed by atoms with van der Waals surface area (Å²) in [6.07, 6.45) is 0. The van der Waals surface area contributed by atoms with Crippen LogP contribution in [0.3, 0.4) is 0 Å². The molecule has 4 nitrogen and oxygen atoms in total. The van der Waals surface area contributed by atoms with Gasteiger partial charge in [-0.05, 0) is 25.8 Å². The molecular formula is C13H17NO3. The molecule has 4 heteroatoms. The van der Waals surface area contributed by atoms with Gasteiger partial charge in [0.05, 0.1) is 10.8 Å². The van der Waals surface area contributed by atoms with Crippen molar-refractivity contribution in [2.75, 3.05) is 0 Å². The zero-order valence-corrected chi connectivity index (χ0v) is 10.6. The summed E-state index contributed by atoms with van der Waals surface area (Å²) < 4.78 is 0. The number of aryl methyl sites for hydroxylation is 1. The number of Topliss-reactive ketones (excluding diaryl/α,β-unsaturated/α-hetero) is 1. The summed E-state index contributed by atoms with van der Waals surface area (Å²) in [4.78, 5) is 22.2. The van der Waals surface area contributed by atoms with Crippen molar-refractivity contribution in [3.63, 3.8) is 0 Å². The third-order valence-electron chi connectivity index (χ3n) is 2.82. The number of benzene rings is 1. The van der Waals surface area contributed by atoms with Gasteiger partial charge in [-0.3, -0.25) is 14.9 Å². The minimum atomic E-state index is -0.424. The second kappa shape index (κ2) is 5.08. The largest absolute Gasteiger partial charge is 0.299 e. The molecule has 1 atom stereocenters. The van der Waals surface area contributed by atoms with E-state index in [4.69, 9.17) is 0 Å². The first-order chi connectivity index (χ1) is 7.84. The smallest absolute Gasteiger partial charge is 0.273 e. The molecule has 17 heavy (non-hydrogen) atoms. The van der Waals surface area contributed by atoms with Gasteiger partial charge in [0.2, 0.25) is 0 Å². The predicted octanol–water partition coefficient (Wildman–Crippen LogP) is 3.23. The van der Waals surface area contributed by atoms with Gasteiger partial charge in [-0.15, -0.1) is 0 Å². The number of nitro groups is 1. The van der Waals surface area contributed by atoms with Gasteiger partial charge in [-0.2, -0.15) is 0 Å². The van der Waals surface area contributed by atoms with Crippen LogP contribution in [-0.4, -0.2) is 10.7 Å². The molecule has 0 aromatic heterocycles.